The molecule has 1 spiro atoms. The summed E-state index contributed by atoms with van der Waals surface area (Å²) in [5, 5.41) is 12.6. The number of aliphatic hydroxyl groups is 1. The monoisotopic (exact) mass is 488 g/mol. The van der Waals surface area contributed by atoms with Crippen LogP contribution in [0.2, 0.25) is 0 Å². The number of hydrogen-bond acceptors (Lipinski definition) is 5. The van der Waals surface area contributed by atoms with Gasteiger partial charge in [0, 0.05) is 36.3 Å². The minimum atomic E-state index is -0.895. The van der Waals surface area contributed by atoms with Gasteiger partial charge in [0.25, 0.3) is 0 Å². The molecule has 6 heteroatoms. The molecule has 0 unspecified atom stereocenters. The lowest BCUT2D eigenvalue weighted by atomic mass is 9.48. The second kappa shape index (κ2) is 8.63. The smallest absolute Gasteiger partial charge is 0.246 e. The average Bonchev–Trinajstić information content (AvgIpc) is 3.48. The van der Waals surface area contributed by atoms with Gasteiger partial charge in [-0.3, -0.25) is 9.69 Å². The quantitative estimate of drug-likeness (QED) is 0.468. The van der Waals surface area contributed by atoms with Gasteiger partial charge in [-0.15, -0.1) is 6.58 Å². The van der Waals surface area contributed by atoms with Crippen molar-refractivity contribution in [3.8, 4) is 5.75 Å². The number of rotatable bonds is 7. The molecule has 6 rings (SSSR count). The minimum Gasteiger partial charge on any atom is -0.487 e. The summed E-state index contributed by atoms with van der Waals surface area (Å²) in [7, 11) is 0. The molecule has 1 amide bonds. The fraction of sp³-hybridized carbons (Fsp3) is 0.500. The first kappa shape index (κ1) is 23.6. The number of carbonyl (C=O) groups is 1. The first-order chi connectivity index (χ1) is 17.4. The summed E-state index contributed by atoms with van der Waals surface area (Å²) in [4.78, 5) is 18.1. The number of piperidine rings is 1. The Morgan fingerprint density at radius 3 is 2.94 bits per heavy atom. The van der Waals surface area contributed by atoms with Crippen LogP contribution in [0.5, 0.6) is 5.75 Å². The fourth-order valence-corrected chi connectivity index (χ4v) is 7.69. The summed E-state index contributed by atoms with van der Waals surface area (Å²) in [5.74, 6) is 1.18. The number of likely N-dealkylation sites (tertiary alicyclic amines) is 1. The van der Waals surface area contributed by atoms with Crippen molar-refractivity contribution in [1.82, 2.24) is 9.80 Å². The zero-order valence-corrected chi connectivity index (χ0v) is 21.2. The Morgan fingerprint density at radius 1 is 1.33 bits per heavy atom. The highest BCUT2D eigenvalue weighted by atomic mass is 16.5. The van der Waals surface area contributed by atoms with E-state index in [-0.39, 0.29) is 24.1 Å². The van der Waals surface area contributed by atoms with E-state index in [1.54, 1.807) is 18.6 Å². The van der Waals surface area contributed by atoms with Gasteiger partial charge in [-0.25, -0.2) is 0 Å². The Morgan fingerprint density at radius 2 is 2.19 bits per heavy atom. The zero-order chi connectivity index (χ0) is 25.1. The van der Waals surface area contributed by atoms with Gasteiger partial charge in [0.15, 0.2) is 0 Å². The molecular formula is C30H36N2O4. The van der Waals surface area contributed by atoms with Gasteiger partial charge in [-0.05, 0) is 61.9 Å². The number of benzene rings is 1. The molecule has 4 aliphatic rings. The predicted molar refractivity (Wildman–Crippen MR) is 139 cm³/mol. The van der Waals surface area contributed by atoms with E-state index in [1.165, 1.54) is 11.1 Å². The average molecular weight is 489 g/mol. The highest BCUT2D eigenvalue weighted by molar-refractivity contribution is 5.92. The molecule has 5 atom stereocenters. The minimum absolute atomic E-state index is 0.0204. The Hall–Kier alpha value is -2.83. The van der Waals surface area contributed by atoms with E-state index in [1.807, 2.05) is 29.2 Å². The van der Waals surface area contributed by atoms with Crippen LogP contribution in [0, 0.1) is 5.92 Å². The zero-order valence-electron chi connectivity index (χ0n) is 21.2. The van der Waals surface area contributed by atoms with Crippen molar-refractivity contribution in [2.24, 2.45) is 5.92 Å². The Labute approximate surface area is 213 Å². The molecule has 2 aromatic rings. The molecular weight excluding hydrogens is 452 g/mol. The molecule has 1 N–H and O–H groups in total. The van der Waals surface area contributed by atoms with E-state index >= 15 is 0 Å². The van der Waals surface area contributed by atoms with Crippen LogP contribution in [0.15, 0.2) is 59.9 Å². The van der Waals surface area contributed by atoms with Crippen LogP contribution in [0.3, 0.4) is 0 Å². The molecule has 6 nitrogen and oxygen atoms in total. The normalized spacial score (nSPS) is 32.4. The molecule has 0 radical (unpaired) electrons. The summed E-state index contributed by atoms with van der Waals surface area (Å²) in [6, 6.07) is 8.07. The molecule has 2 aliphatic carbocycles. The Kier molecular flexibility index (Phi) is 5.65. The summed E-state index contributed by atoms with van der Waals surface area (Å²) in [5.41, 5.74) is 1.94. The van der Waals surface area contributed by atoms with Crippen LogP contribution < -0.4 is 4.74 Å². The van der Waals surface area contributed by atoms with Crippen molar-refractivity contribution in [3.05, 3.63) is 72.2 Å². The third kappa shape index (κ3) is 3.27. The number of amides is 1. The summed E-state index contributed by atoms with van der Waals surface area (Å²) < 4.78 is 11.9. The number of furan rings is 1. The first-order valence-corrected chi connectivity index (χ1v) is 13.3. The van der Waals surface area contributed by atoms with E-state index in [4.69, 9.17) is 9.15 Å². The molecule has 2 bridgehead atoms. The van der Waals surface area contributed by atoms with Crippen LogP contribution in [-0.4, -0.2) is 64.2 Å². The van der Waals surface area contributed by atoms with Crippen LogP contribution >= 0.6 is 0 Å². The molecule has 2 fully saturated rings. The number of nitrogens with zero attached hydrogens (tertiary/aromatic N) is 2. The third-order valence-electron chi connectivity index (χ3n) is 9.01. The van der Waals surface area contributed by atoms with Gasteiger partial charge in [-0.1, -0.05) is 32.1 Å². The van der Waals surface area contributed by atoms with Crippen molar-refractivity contribution in [1.29, 1.82) is 0 Å². The maximum Gasteiger partial charge on any atom is 0.246 e. The van der Waals surface area contributed by atoms with Crippen molar-refractivity contribution in [2.45, 2.75) is 68.7 Å². The molecule has 36 heavy (non-hydrogen) atoms. The van der Waals surface area contributed by atoms with E-state index in [9.17, 15) is 9.90 Å². The lowest BCUT2D eigenvalue weighted by Gasteiger charge is -2.64. The highest BCUT2D eigenvalue weighted by Gasteiger charge is 2.73. The first-order valence-electron chi connectivity index (χ1n) is 13.3. The van der Waals surface area contributed by atoms with Gasteiger partial charge in [0.1, 0.15) is 11.9 Å². The van der Waals surface area contributed by atoms with Crippen molar-refractivity contribution >= 4 is 12.0 Å². The molecule has 1 aromatic carbocycles. The summed E-state index contributed by atoms with van der Waals surface area (Å²) in [6.45, 7) is 10.6. The van der Waals surface area contributed by atoms with E-state index < -0.39 is 11.0 Å². The number of hydrogen-bond donors (Lipinski definition) is 1. The summed E-state index contributed by atoms with van der Waals surface area (Å²) >= 11 is 0. The van der Waals surface area contributed by atoms with Gasteiger partial charge in [-0.2, -0.15) is 0 Å². The van der Waals surface area contributed by atoms with Crippen LogP contribution in [-0.2, 0) is 16.6 Å². The topological polar surface area (TPSA) is 66.2 Å². The van der Waals surface area contributed by atoms with Crippen LogP contribution in [0.4, 0.5) is 0 Å². The third-order valence-corrected chi connectivity index (χ3v) is 9.01. The number of carbonyl (C=O) groups excluding carboxylic acids is 1. The fourth-order valence-electron chi connectivity index (χ4n) is 7.69. The molecule has 1 saturated heterocycles. The lowest BCUT2D eigenvalue weighted by Crippen LogP contribution is -2.78. The van der Waals surface area contributed by atoms with Gasteiger partial charge in [0.05, 0.1) is 29.6 Å². The molecule has 190 valence electrons. The van der Waals surface area contributed by atoms with E-state index in [2.05, 4.69) is 37.5 Å². The molecule has 1 aromatic heterocycles. The second-order valence-electron chi connectivity index (χ2n) is 11.4. The van der Waals surface area contributed by atoms with Crippen molar-refractivity contribution in [3.63, 3.8) is 0 Å². The summed E-state index contributed by atoms with van der Waals surface area (Å²) in [6.07, 6.45) is 11.4. The highest BCUT2D eigenvalue weighted by Crippen LogP contribution is 2.64. The molecule has 3 heterocycles. The van der Waals surface area contributed by atoms with Gasteiger partial charge in [0.2, 0.25) is 5.91 Å². The maximum absolute atomic E-state index is 13.7. The largest absolute Gasteiger partial charge is 0.487 e. The second-order valence-corrected chi connectivity index (χ2v) is 11.4. The van der Waals surface area contributed by atoms with Crippen molar-refractivity contribution in [2.75, 3.05) is 19.6 Å². The van der Waals surface area contributed by atoms with Crippen LogP contribution in [0.1, 0.15) is 49.8 Å². The molecule has 1 saturated carbocycles. The van der Waals surface area contributed by atoms with E-state index in [0.29, 0.717) is 25.3 Å². The van der Waals surface area contributed by atoms with Gasteiger partial charge >= 0.3 is 0 Å². The van der Waals surface area contributed by atoms with Crippen molar-refractivity contribution < 1.29 is 19.1 Å². The van der Waals surface area contributed by atoms with E-state index in [0.717, 1.165) is 37.2 Å². The van der Waals surface area contributed by atoms with Gasteiger partial charge < -0.3 is 19.2 Å². The number of ether oxygens (including phenoxy) is 1. The standard InChI is InChI=1S/C30H36N2O4/c1-4-14-31-15-13-29-27-22-6-5-7-24(27)36-28(29)23(10-12-30(29,34)25(31)17-22)32(18-20(2)3)26(33)9-8-21-11-16-35-19-21/h4-9,11,16,19-20,23,25,28,34H,1,10,12-15,17-18H2,2-3H3/b9-8+/t23-,25-,28+,29+,30-/m1/s1. The Bertz CT molecular complexity index is 1190. The Balaban J connectivity index is 1.42. The van der Waals surface area contributed by atoms with Crippen LogP contribution in [0.25, 0.3) is 6.08 Å². The predicted octanol–water partition coefficient (Wildman–Crippen LogP) is 4.19. The molecule has 2 aliphatic heterocycles. The maximum atomic E-state index is 13.7. The lowest BCUT2D eigenvalue weighted by molar-refractivity contribution is -0.199. The SMILES string of the molecule is C=CCN1CC[C@]23c4c5cccc4O[C@H]2[C@H](N(CC(C)C)C(=O)/C=C/c2ccoc2)CC[C@@]3(O)[C@H]1C5.